The highest BCUT2D eigenvalue weighted by Crippen LogP contribution is 2.14. The Morgan fingerprint density at radius 3 is 2.74 bits per heavy atom. The topological polar surface area (TPSA) is 66.4 Å². The minimum Gasteiger partial charge on any atom is -0.396 e. The normalized spacial score (nSPS) is 11.9. The fraction of sp³-hybridized carbons (Fsp3) is 0.385. The molecule has 0 aliphatic carbocycles. The maximum absolute atomic E-state index is 11.8. The molecule has 1 atom stereocenters. The Balaban J connectivity index is 2.41. The van der Waals surface area contributed by atoms with Gasteiger partial charge in [0, 0.05) is 6.61 Å². The summed E-state index contributed by atoms with van der Waals surface area (Å²) < 4.78 is 0. The largest absolute Gasteiger partial charge is 0.396 e. The van der Waals surface area contributed by atoms with Crippen molar-refractivity contribution >= 4 is 35.2 Å². The van der Waals surface area contributed by atoms with Crippen LogP contribution in [-0.2, 0) is 4.79 Å². The second-order valence-electron chi connectivity index (χ2n) is 4.16. The van der Waals surface area contributed by atoms with Crippen LogP contribution in [0.15, 0.2) is 24.3 Å². The van der Waals surface area contributed by atoms with Crippen molar-refractivity contribution < 1.29 is 14.7 Å². The molecular weight excluding hydrogens is 286 g/mol. The van der Waals surface area contributed by atoms with Gasteiger partial charge >= 0.3 is 0 Å². The lowest BCUT2D eigenvalue weighted by Crippen LogP contribution is -2.32. The summed E-state index contributed by atoms with van der Waals surface area (Å²) in [5, 5.41) is 11.4. The lowest BCUT2D eigenvalue weighted by molar-refractivity contribution is -0.117. The van der Waals surface area contributed by atoms with Crippen molar-refractivity contribution in [3.8, 4) is 0 Å². The number of nitrogens with one attached hydrogen (secondary N) is 1. The molecule has 0 radical (unpaired) electrons. The number of imide groups is 1. The Kier molecular flexibility index (Phi) is 6.91. The highest BCUT2D eigenvalue weighted by molar-refractivity contribution is 7.99. The fourth-order valence-electron chi connectivity index (χ4n) is 1.28. The van der Waals surface area contributed by atoms with E-state index in [4.69, 9.17) is 16.7 Å². The number of rotatable bonds is 6. The number of amides is 2. The van der Waals surface area contributed by atoms with E-state index in [1.54, 1.807) is 24.3 Å². The molecule has 1 unspecified atom stereocenters. The van der Waals surface area contributed by atoms with Crippen molar-refractivity contribution in [2.24, 2.45) is 5.92 Å². The molecule has 0 aromatic heterocycles. The first-order valence-electron chi connectivity index (χ1n) is 5.82. The summed E-state index contributed by atoms with van der Waals surface area (Å²) in [6, 6.07) is 6.56. The van der Waals surface area contributed by atoms with Gasteiger partial charge in [-0.3, -0.25) is 14.9 Å². The summed E-state index contributed by atoms with van der Waals surface area (Å²) in [6.45, 7) is 1.98. The van der Waals surface area contributed by atoms with Gasteiger partial charge in [0.2, 0.25) is 5.91 Å². The number of halogens is 1. The van der Waals surface area contributed by atoms with Gasteiger partial charge in [-0.1, -0.05) is 30.7 Å². The van der Waals surface area contributed by atoms with Crippen molar-refractivity contribution in [3.05, 3.63) is 34.9 Å². The third kappa shape index (κ3) is 5.63. The third-order valence-corrected chi connectivity index (χ3v) is 3.92. The fourth-order valence-corrected chi connectivity index (χ4v) is 2.39. The molecule has 2 N–H and O–H groups in total. The summed E-state index contributed by atoms with van der Waals surface area (Å²) in [5.41, 5.74) is 0.284. The van der Waals surface area contributed by atoms with Crippen LogP contribution in [0.5, 0.6) is 0 Å². The molecule has 0 aliphatic heterocycles. The first-order chi connectivity index (χ1) is 9.04. The lowest BCUT2D eigenvalue weighted by atomic mass is 10.2. The summed E-state index contributed by atoms with van der Waals surface area (Å²) in [5.74, 6) is 0.133. The van der Waals surface area contributed by atoms with Gasteiger partial charge < -0.3 is 5.11 Å². The highest BCUT2D eigenvalue weighted by atomic mass is 35.5. The van der Waals surface area contributed by atoms with Crippen LogP contribution in [-0.4, -0.2) is 35.0 Å². The van der Waals surface area contributed by atoms with Crippen molar-refractivity contribution in [1.82, 2.24) is 5.32 Å². The van der Waals surface area contributed by atoms with Crippen LogP contribution in [0, 0.1) is 5.92 Å². The SMILES string of the molecule is CC(CO)CSCC(=O)NC(=O)c1ccccc1Cl. The molecule has 1 rings (SSSR count). The van der Waals surface area contributed by atoms with E-state index in [-0.39, 0.29) is 29.7 Å². The van der Waals surface area contributed by atoms with Crippen LogP contribution in [0.4, 0.5) is 0 Å². The van der Waals surface area contributed by atoms with Crippen molar-refractivity contribution in [3.63, 3.8) is 0 Å². The molecule has 1 aromatic rings. The molecule has 0 saturated heterocycles. The van der Waals surface area contributed by atoms with E-state index in [2.05, 4.69) is 5.32 Å². The average molecular weight is 302 g/mol. The Bertz CT molecular complexity index is 453. The number of hydrogen-bond donors (Lipinski definition) is 2. The minimum atomic E-state index is -0.494. The third-order valence-electron chi connectivity index (χ3n) is 2.32. The molecule has 0 saturated carbocycles. The Labute approximate surface area is 121 Å². The van der Waals surface area contributed by atoms with Crippen molar-refractivity contribution in [2.75, 3.05) is 18.1 Å². The predicted octanol–water partition coefficient (Wildman–Crippen LogP) is 1.96. The van der Waals surface area contributed by atoms with Gasteiger partial charge in [0.1, 0.15) is 0 Å². The Morgan fingerprint density at radius 1 is 1.42 bits per heavy atom. The van der Waals surface area contributed by atoms with Crippen molar-refractivity contribution in [2.45, 2.75) is 6.92 Å². The molecule has 1 aromatic carbocycles. The number of carbonyl (C=O) groups excluding carboxylic acids is 2. The molecule has 2 amide bonds. The first kappa shape index (κ1) is 16.0. The lowest BCUT2D eigenvalue weighted by Gasteiger charge is -2.08. The van der Waals surface area contributed by atoms with E-state index in [1.165, 1.54) is 11.8 Å². The van der Waals surface area contributed by atoms with Crippen molar-refractivity contribution in [1.29, 1.82) is 0 Å². The van der Waals surface area contributed by atoms with E-state index >= 15 is 0 Å². The highest BCUT2D eigenvalue weighted by Gasteiger charge is 2.13. The van der Waals surface area contributed by atoms with Crippen LogP contribution in [0.2, 0.25) is 5.02 Å². The molecule has 4 nitrogen and oxygen atoms in total. The molecule has 0 heterocycles. The van der Waals surface area contributed by atoms with Gasteiger partial charge in [-0.25, -0.2) is 0 Å². The quantitative estimate of drug-likeness (QED) is 0.843. The zero-order valence-corrected chi connectivity index (χ0v) is 12.1. The van der Waals surface area contributed by atoms with Crippen LogP contribution < -0.4 is 5.32 Å². The molecule has 19 heavy (non-hydrogen) atoms. The van der Waals surface area contributed by atoms with E-state index < -0.39 is 5.91 Å². The molecule has 6 heteroatoms. The van der Waals surface area contributed by atoms with E-state index in [0.717, 1.165) is 0 Å². The number of hydrogen-bond acceptors (Lipinski definition) is 4. The zero-order chi connectivity index (χ0) is 14.3. The number of aliphatic hydroxyl groups excluding tert-OH is 1. The van der Waals surface area contributed by atoms with E-state index in [9.17, 15) is 9.59 Å². The summed E-state index contributed by atoms with van der Waals surface area (Å²) >= 11 is 7.24. The predicted molar refractivity (Wildman–Crippen MR) is 77.5 cm³/mol. The molecule has 104 valence electrons. The van der Waals surface area contributed by atoms with Gasteiger partial charge in [0.25, 0.3) is 5.91 Å². The van der Waals surface area contributed by atoms with Crippen LogP contribution in [0.1, 0.15) is 17.3 Å². The number of carbonyl (C=O) groups is 2. The maximum Gasteiger partial charge on any atom is 0.259 e. The molecular formula is C13H16ClNO3S. The molecule has 0 spiro atoms. The van der Waals surface area contributed by atoms with Gasteiger partial charge in [0.05, 0.1) is 16.3 Å². The van der Waals surface area contributed by atoms with Gasteiger partial charge in [0.15, 0.2) is 0 Å². The van der Waals surface area contributed by atoms with Crippen LogP contribution in [0.3, 0.4) is 0 Å². The van der Waals surface area contributed by atoms with Gasteiger partial charge in [-0.15, -0.1) is 0 Å². The molecule has 0 fully saturated rings. The van der Waals surface area contributed by atoms with Gasteiger partial charge in [-0.2, -0.15) is 11.8 Å². The second-order valence-corrected chi connectivity index (χ2v) is 5.60. The maximum atomic E-state index is 11.8. The zero-order valence-electron chi connectivity index (χ0n) is 10.6. The van der Waals surface area contributed by atoms with Gasteiger partial charge in [-0.05, 0) is 23.8 Å². The van der Waals surface area contributed by atoms with E-state index in [0.29, 0.717) is 10.8 Å². The van der Waals surface area contributed by atoms with Crippen LogP contribution in [0.25, 0.3) is 0 Å². The Morgan fingerprint density at radius 2 is 2.11 bits per heavy atom. The summed E-state index contributed by atoms with van der Waals surface area (Å²) in [6.07, 6.45) is 0. The number of benzene rings is 1. The molecule has 0 bridgehead atoms. The Hall–Kier alpha value is -1.04. The molecule has 0 aliphatic rings. The van der Waals surface area contributed by atoms with Crippen LogP contribution >= 0.6 is 23.4 Å². The first-order valence-corrected chi connectivity index (χ1v) is 7.35. The monoisotopic (exact) mass is 301 g/mol. The number of aliphatic hydroxyl groups is 1. The number of thioether (sulfide) groups is 1. The minimum absolute atomic E-state index is 0.0904. The average Bonchev–Trinajstić information content (AvgIpc) is 2.38. The summed E-state index contributed by atoms with van der Waals surface area (Å²) in [4.78, 5) is 23.3. The second kappa shape index (κ2) is 8.19. The smallest absolute Gasteiger partial charge is 0.259 e. The van der Waals surface area contributed by atoms with E-state index in [1.807, 2.05) is 6.92 Å². The summed E-state index contributed by atoms with van der Waals surface area (Å²) in [7, 11) is 0. The standard InChI is InChI=1S/C13H16ClNO3S/c1-9(6-16)7-19-8-12(17)15-13(18)10-4-2-3-5-11(10)14/h2-5,9,16H,6-8H2,1H3,(H,15,17,18).